The first-order valence-corrected chi connectivity index (χ1v) is 27.0. The Balaban J connectivity index is 1.82. The highest BCUT2D eigenvalue weighted by Gasteiger charge is 2.37. The van der Waals surface area contributed by atoms with Gasteiger partial charge in [0, 0.05) is 23.7 Å². The maximum absolute atomic E-state index is 4.93. The molecule has 6 heteroatoms. The summed E-state index contributed by atoms with van der Waals surface area (Å²) in [5, 5.41) is 7.20. The van der Waals surface area contributed by atoms with Crippen molar-refractivity contribution in [3.63, 3.8) is 0 Å². The van der Waals surface area contributed by atoms with Crippen LogP contribution in [0.3, 0.4) is 0 Å². The summed E-state index contributed by atoms with van der Waals surface area (Å²) in [5.74, 6) is 4.64. The van der Waals surface area contributed by atoms with Gasteiger partial charge < -0.3 is 10.6 Å². The van der Waals surface area contributed by atoms with E-state index < -0.39 is 0 Å². The van der Waals surface area contributed by atoms with E-state index in [1.807, 2.05) is 25.1 Å². The first-order valence-electron chi connectivity index (χ1n) is 27.0. The molecule has 0 spiro atoms. The Labute approximate surface area is 386 Å². The Morgan fingerprint density at radius 3 is 1.60 bits per heavy atom. The molecule has 0 aliphatic heterocycles. The number of aliphatic imine (C=N–C) groups is 2. The minimum atomic E-state index is -0.306. The summed E-state index contributed by atoms with van der Waals surface area (Å²) >= 11 is 0. The molecule has 0 heterocycles. The fourth-order valence-electron chi connectivity index (χ4n) is 10.6. The van der Waals surface area contributed by atoms with Crippen molar-refractivity contribution in [3.05, 3.63) is 42.5 Å². The van der Waals surface area contributed by atoms with Crippen molar-refractivity contribution in [1.29, 1.82) is 0 Å². The largest absolute Gasteiger partial charge is 0.325 e. The molecule has 5 atom stereocenters. The Kier molecular flexibility index (Phi) is 33.5. The van der Waals surface area contributed by atoms with Gasteiger partial charge >= 0.3 is 0 Å². The smallest absolute Gasteiger partial charge is 0.212 e. The third kappa shape index (κ3) is 25.3. The second-order valence-corrected chi connectivity index (χ2v) is 20.0. The highest BCUT2D eigenvalue weighted by atomic mass is 15.4. The second-order valence-electron chi connectivity index (χ2n) is 20.0. The summed E-state index contributed by atoms with van der Waals surface area (Å²) in [6, 6.07) is 10.9. The third-order valence-electron chi connectivity index (χ3n) is 14.4. The number of hydrogen-bond acceptors (Lipinski definition) is 4. The molecule has 6 nitrogen and oxygen atoms in total. The molecule has 2 rings (SSSR count). The molecule has 358 valence electrons. The molecule has 1 aliphatic rings. The third-order valence-corrected chi connectivity index (χ3v) is 14.4. The normalized spacial score (nSPS) is 19.1. The monoisotopic (exact) mass is 861 g/mol. The van der Waals surface area contributed by atoms with Crippen LogP contribution in [0, 0.1) is 29.1 Å². The summed E-state index contributed by atoms with van der Waals surface area (Å²) < 4.78 is 0. The number of allylic oxidation sites excluding steroid dienone is 1. The first kappa shape index (κ1) is 56.0. The molecule has 1 aromatic rings. The zero-order chi connectivity index (χ0) is 44.9. The minimum Gasteiger partial charge on any atom is -0.325 e. The lowest BCUT2D eigenvalue weighted by Gasteiger charge is -2.44. The Morgan fingerprint density at radius 2 is 1.11 bits per heavy atom. The van der Waals surface area contributed by atoms with Crippen LogP contribution in [0.5, 0.6) is 0 Å². The summed E-state index contributed by atoms with van der Waals surface area (Å²) in [6.45, 7) is 21.7. The van der Waals surface area contributed by atoms with Crippen LogP contribution in [0.25, 0.3) is 0 Å². The van der Waals surface area contributed by atoms with Gasteiger partial charge in [-0.05, 0) is 107 Å². The Bertz CT molecular complexity index is 1220. The van der Waals surface area contributed by atoms with E-state index in [1.165, 1.54) is 193 Å². The van der Waals surface area contributed by atoms with Crippen molar-refractivity contribution in [2.45, 2.75) is 253 Å². The van der Waals surface area contributed by atoms with Gasteiger partial charge in [0.25, 0.3) is 0 Å². The lowest BCUT2D eigenvalue weighted by atomic mass is 9.61. The summed E-state index contributed by atoms with van der Waals surface area (Å²) in [4.78, 5) is 9.30. The molecule has 1 aromatic carbocycles. The molecule has 5 unspecified atom stereocenters. The van der Waals surface area contributed by atoms with E-state index in [4.69, 9.17) is 4.99 Å². The van der Waals surface area contributed by atoms with Crippen LogP contribution < -0.4 is 21.5 Å². The maximum atomic E-state index is 4.93. The Morgan fingerprint density at radius 1 is 0.645 bits per heavy atom. The molecular formula is C56H104N6. The van der Waals surface area contributed by atoms with E-state index in [0.29, 0.717) is 5.96 Å². The highest BCUT2D eigenvalue weighted by molar-refractivity contribution is 5.93. The van der Waals surface area contributed by atoms with Crippen LogP contribution in [0.1, 0.15) is 241 Å². The van der Waals surface area contributed by atoms with Gasteiger partial charge in [-0.15, -0.1) is 0 Å². The van der Waals surface area contributed by atoms with Crippen LogP contribution in [0.4, 0.5) is 5.69 Å². The number of anilines is 1. The van der Waals surface area contributed by atoms with Crippen LogP contribution in [-0.2, 0) is 0 Å². The number of para-hydroxylation sites is 1. The lowest BCUT2D eigenvalue weighted by molar-refractivity contribution is 0.0581. The van der Waals surface area contributed by atoms with Gasteiger partial charge in [0.05, 0.1) is 0 Å². The van der Waals surface area contributed by atoms with E-state index >= 15 is 0 Å². The van der Waals surface area contributed by atoms with Crippen molar-refractivity contribution in [1.82, 2.24) is 16.2 Å². The van der Waals surface area contributed by atoms with Crippen LogP contribution >= 0.6 is 0 Å². The van der Waals surface area contributed by atoms with Gasteiger partial charge in [-0.2, -0.15) is 0 Å². The van der Waals surface area contributed by atoms with Crippen molar-refractivity contribution in [2.24, 2.45) is 39.1 Å². The zero-order valence-electron chi connectivity index (χ0n) is 42.2. The quantitative estimate of drug-likeness (QED) is 0.0175. The SMILES string of the molecule is C=NC(N=C(NNCCCCCCCCCC1CCC(CCCCCC)C(CCCCCC)C1CCCCCCCCCNC(CC)CC)Nc1ccccc1)C(C)(C)C=CC. The zero-order valence-corrected chi connectivity index (χ0v) is 42.2. The lowest BCUT2D eigenvalue weighted by Crippen LogP contribution is -2.43. The Hall–Kier alpha value is -2.18. The molecule has 0 bridgehead atoms. The van der Waals surface area contributed by atoms with Crippen molar-refractivity contribution in [3.8, 4) is 0 Å². The number of rotatable bonds is 39. The van der Waals surface area contributed by atoms with Crippen LogP contribution in [-0.4, -0.2) is 38.0 Å². The molecule has 1 aliphatic carbocycles. The van der Waals surface area contributed by atoms with Crippen LogP contribution in [0.2, 0.25) is 0 Å². The van der Waals surface area contributed by atoms with E-state index in [2.05, 4.69) is 99.0 Å². The molecule has 0 aromatic heterocycles. The number of unbranched alkanes of at least 4 members (excludes halogenated alkanes) is 18. The summed E-state index contributed by atoms with van der Waals surface area (Å²) in [5.41, 5.74) is 7.53. The van der Waals surface area contributed by atoms with E-state index in [1.54, 1.807) is 0 Å². The first-order chi connectivity index (χ1) is 30.3. The number of nitrogens with one attached hydrogen (secondary N) is 4. The van der Waals surface area contributed by atoms with Crippen molar-refractivity contribution >= 4 is 18.4 Å². The van der Waals surface area contributed by atoms with E-state index in [-0.39, 0.29) is 11.6 Å². The number of hydrazine groups is 1. The van der Waals surface area contributed by atoms with Crippen molar-refractivity contribution < 1.29 is 0 Å². The molecule has 1 fully saturated rings. The predicted molar refractivity (Wildman–Crippen MR) is 278 cm³/mol. The number of hydrogen-bond donors (Lipinski definition) is 4. The maximum Gasteiger partial charge on any atom is 0.212 e. The number of nitrogens with zero attached hydrogens (tertiary/aromatic N) is 2. The molecule has 0 saturated heterocycles. The number of guanidine groups is 1. The summed E-state index contributed by atoms with van der Waals surface area (Å²) in [6.07, 6.45) is 46.3. The predicted octanol–water partition coefficient (Wildman–Crippen LogP) is 16.4. The van der Waals surface area contributed by atoms with Crippen LogP contribution in [0.15, 0.2) is 52.5 Å². The van der Waals surface area contributed by atoms with E-state index in [0.717, 1.165) is 48.4 Å². The fraction of sp³-hybridized carbons (Fsp3) is 0.821. The average molecular weight is 861 g/mol. The van der Waals surface area contributed by atoms with Crippen molar-refractivity contribution in [2.75, 3.05) is 18.4 Å². The molecule has 0 amide bonds. The topological polar surface area (TPSA) is 72.8 Å². The molecule has 4 N–H and O–H groups in total. The second kappa shape index (κ2) is 37.1. The van der Waals surface area contributed by atoms with Gasteiger partial charge in [0.2, 0.25) is 5.96 Å². The van der Waals surface area contributed by atoms with Gasteiger partial charge in [0.1, 0.15) is 0 Å². The van der Waals surface area contributed by atoms with E-state index in [9.17, 15) is 0 Å². The van der Waals surface area contributed by atoms with Gasteiger partial charge in [0.15, 0.2) is 6.17 Å². The minimum absolute atomic E-state index is 0.239. The molecule has 1 saturated carbocycles. The summed E-state index contributed by atoms with van der Waals surface area (Å²) in [7, 11) is 0. The molecule has 62 heavy (non-hydrogen) atoms. The standard InChI is InChI=1S/C56H104N6/c1-9-14-16-29-37-48-43-44-49(53(52(48)41-33-17-15-10-2)42-34-25-21-19-22-26-35-46-58-50(12-4)13-5)38-30-24-20-18-23-27-36-47-59-62-55(60-51-39-31-28-32-40-51)61-54(57-8)56(6,7)45-11-3/h11,28,31-32,39-40,45,48-50,52-54,58-59H,8-10,12-27,29-30,33-38,41-44,46-47H2,1-7H3,(H2,60,61,62). The fourth-order valence-corrected chi connectivity index (χ4v) is 10.6. The highest BCUT2D eigenvalue weighted by Crippen LogP contribution is 2.48. The van der Waals surface area contributed by atoms with Gasteiger partial charge in [-0.1, -0.05) is 213 Å². The average Bonchev–Trinajstić information content (AvgIpc) is 3.27. The number of benzene rings is 1. The molecular weight excluding hydrogens is 757 g/mol. The van der Waals surface area contributed by atoms with Gasteiger partial charge in [-0.25, -0.2) is 10.4 Å². The van der Waals surface area contributed by atoms with Gasteiger partial charge in [-0.3, -0.25) is 10.4 Å². The molecule has 0 radical (unpaired) electrons.